The van der Waals surface area contributed by atoms with E-state index < -0.39 is 11.8 Å². The van der Waals surface area contributed by atoms with Gasteiger partial charge in [0.1, 0.15) is 0 Å². The second-order valence-electron chi connectivity index (χ2n) is 5.61. The maximum Gasteiger partial charge on any atom is 0.313 e. The molecule has 2 amide bonds. The van der Waals surface area contributed by atoms with Gasteiger partial charge in [-0.1, -0.05) is 18.9 Å². The first kappa shape index (κ1) is 15.4. The fourth-order valence-corrected chi connectivity index (χ4v) is 2.46. The first-order valence-corrected chi connectivity index (χ1v) is 7.45. The summed E-state index contributed by atoms with van der Waals surface area (Å²) >= 11 is 0. The third-order valence-electron chi connectivity index (χ3n) is 3.71. The van der Waals surface area contributed by atoms with E-state index in [-0.39, 0.29) is 0 Å². The summed E-state index contributed by atoms with van der Waals surface area (Å²) in [5, 5.41) is 2.70. The minimum atomic E-state index is -0.548. The summed E-state index contributed by atoms with van der Waals surface area (Å²) in [7, 11) is 3.87. The van der Waals surface area contributed by atoms with E-state index in [1.54, 1.807) is 11.0 Å². The Morgan fingerprint density at radius 2 is 1.76 bits per heavy atom. The van der Waals surface area contributed by atoms with Crippen LogP contribution in [-0.2, 0) is 9.59 Å². The zero-order valence-electron chi connectivity index (χ0n) is 12.8. The van der Waals surface area contributed by atoms with Crippen LogP contribution in [0, 0.1) is 0 Å². The van der Waals surface area contributed by atoms with E-state index in [0.29, 0.717) is 18.8 Å². The normalized spacial score (nSPS) is 15.2. The number of anilines is 2. The standard InChI is InChI=1S/C16H23N3O2/c1-18(2)14-9-7-8-13(12-14)17-15(20)16(21)19-10-5-3-4-6-11-19/h7-9,12H,3-6,10-11H2,1-2H3,(H,17,20). The molecule has 21 heavy (non-hydrogen) atoms. The molecular weight excluding hydrogens is 266 g/mol. The number of rotatable bonds is 2. The highest BCUT2D eigenvalue weighted by Gasteiger charge is 2.22. The highest BCUT2D eigenvalue weighted by atomic mass is 16.2. The van der Waals surface area contributed by atoms with Gasteiger partial charge in [-0.3, -0.25) is 9.59 Å². The van der Waals surface area contributed by atoms with Crippen molar-refractivity contribution in [1.29, 1.82) is 0 Å². The highest BCUT2D eigenvalue weighted by molar-refractivity contribution is 6.39. The predicted molar refractivity (Wildman–Crippen MR) is 84.4 cm³/mol. The second kappa shape index (κ2) is 7.11. The topological polar surface area (TPSA) is 52.7 Å². The molecule has 0 bridgehead atoms. The number of nitrogens with one attached hydrogen (secondary N) is 1. The minimum absolute atomic E-state index is 0.424. The van der Waals surface area contributed by atoms with Crippen molar-refractivity contribution in [3.63, 3.8) is 0 Å². The zero-order chi connectivity index (χ0) is 15.2. The van der Waals surface area contributed by atoms with Crippen LogP contribution in [0.15, 0.2) is 24.3 Å². The van der Waals surface area contributed by atoms with Crippen molar-refractivity contribution in [2.75, 3.05) is 37.4 Å². The van der Waals surface area contributed by atoms with Gasteiger partial charge in [-0.2, -0.15) is 0 Å². The molecule has 0 unspecified atom stereocenters. The fourth-order valence-electron chi connectivity index (χ4n) is 2.46. The molecule has 0 spiro atoms. The van der Waals surface area contributed by atoms with E-state index >= 15 is 0 Å². The summed E-state index contributed by atoms with van der Waals surface area (Å²) in [5.41, 5.74) is 1.63. The lowest BCUT2D eigenvalue weighted by atomic mass is 10.2. The summed E-state index contributed by atoms with van der Waals surface area (Å²) < 4.78 is 0. The maximum atomic E-state index is 12.2. The van der Waals surface area contributed by atoms with Crippen molar-refractivity contribution in [2.24, 2.45) is 0 Å². The van der Waals surface area contributed by atoms with Crippen molar-refractivity contribution >= 4 is 23.2 Å². The van der Waals surface area contributed by atoms with Crippen LogP contribution in [0.1, 0.15) is 25.7 Å². The predicted octanol–water partition coefficient (Wildman–Crippen LogP) is 2.09. The molecule has 1 N–H and O–H groups in total. The van der Waals surface area contributed by atoms with Crippen LogP contribution in [0.25, 0.3) is 0 Å². The number of benzene rings is 1. The molecule has 1 fully saturated rings. The van der Waals surface area contributed by atoms with Gasteiger partial charge in [-0.25, -0.2) is 0 Å². The third kappa shape index (κ3) is 4.21. The van der Waals surface area contributed by atoms with Crippen molar-refractivity contribution in [1.82, 2.24) is 4.90 Å². The molecule has 0 atom stereocenters. The molecule has 1 heterocycles. The first-order chi connectivity index (χ1) is 10.1. The Bertz CT molecular complexity index is 506. The van der Waals surface area contributed by atoms with Crippen molar-refractivity contribution < 1.29 is 9.59 Å². The lowest BCUT2D eigenvalue weighted by molar-refractivity contribution is -0.143. The van der Waals surface area contributed by atoms with Gasteiger partial charge in [-0.15, -0.1) is 0 Å². The van der Waals surface area contributed by atoms with Gasteiger partial charge < -0.3 is 15.1 Å². The minimum Gasteiger partial charge on any atom is -0.378 e. The van der Waals surface area contributed by atoms with Crippen LogP contribution in [0.3, 0.4) is 0 Å². The van der Waals surface area contributed by atoms with Crippen LogP contribution in [0.2, 0.25) is 0 Å². The number of hydrogen-bond donors (Lipinski definition) is 1. The number of nitrogens with zero attached hydrogens (tertiary/aromatic N) is 2. The van der Waals surface area contributed by atoms with E-state index in [9.17, 15) is 9.59 Å². The SMILES string of the molecule is CN(C)c1cccc(NC(=O)C(=O)N2CCCCCC2)c1. The molecule has 5 heteroatoms. The molecule has 0 aliphatic carbocycles. The smallest absolute Gasteiger partial charge is 0.313 e. The molecule has 0 saturated carbocycles. The second-order valence-corrected chi connectivity index (χ2v) is 5.61. The Labute approximate surface area is 125 Å². The zero-order valence-corrected chi connectivity index (χ0v) is 12.8. The largest absolute Gasteiger partial charge is 0.378 e. The fraction of sp³-hybridized carbons (Fsp3) is 0.500. The van der Waals surface area contributed by atoms with E-state index in [4.69, 9.17) is 0 Å². The van der Waals surface area contributed by atoms with Crippen LogP contribution in [0.4, 0.5) is 11.4 Å². The summed E-state index contributed by atoms with van der Waals surface area (Å²) in [6, 6.07) is 7.46. The maximum absolute atomic E-state index is 12.2. The molecule has 1 aromatic rings. The number of likely N-dealkylation sites (tertiary alicyclic amines) is 1. The lowest BCUT2D eigenvalue weighted by Crippen LogP contribution is -2.40. The van der Waals surface area contributed by atoms with Gasteiger partial charge in [0.05, 0.1) is 0 Å². The summed E-state index contributed by atoms with van der Waals surface area (Å²) in [4.78, 5) is 27.9. The van der Waals surface area contributed by atoms with Crippen molar-refractivity contribution in [3.05, 3.63) is 24.3 Å². The molecule has 1 aliphatic heterocycles. The van der Waals surface area contributed by atoms with Gasteiger partial charge in [0, 0.05) is 38.6 Å². The molecule has 2 rings (SSSR count). The molecule has 114 valence electrons. The molecular formula is C16H23N3O2. The Morgan fingerprint density at radius 1 is 1.10 bits per heavy atom. The Hall–Kier alpha value is -2.04. The Morgan fingerprint density at radius 3 is 2.38 bits per heavy atom. The van der Waals surface area contributed by atoms with Gasteiger partial charge in [0.25, 0.3) is 0 Å². The average Bonchev–Trinajstić information content (AvgIpc) is 2.75. The van der Waals surface area contributed by atoms with E-state index in [0.717, 1.165) is 31.4 Å². The number of hydrogen-bond acceptors (Lipinski definition) is 3. The lowest BCUT2D eigenvalue weighted by Gasteiger charge is -2.19. The quantitative estimate of drug-likeness (QED) is 0.848. The Balaban J connectivity index is 2.00. The van der Waals surface area contributed by atoms with Crippen LogP contribution in [0.5, 0.6) is 0 Å². The van der Waals surface area contributed by atoms with E-state index in [2.05, 4.69) is 5.32 Å². The summed E-state index contributed by atoms with van der Waals surface area (Å²) in [5.74, 6) is -0.972. The highest BCUT2D eigenvalue weighted by Crippen LogP contribution is 2.17. The average molecular weight is 289 g/mol. The monoisotopic (exact) mass is 289 g/mol. The van der Waals surface area contributed by atoms with Gasteiger partial charge in [0.2, 0.25) is 0 Å². The van der Waals surface area contributed by atoms with Gasteiger partial charge in [-0.05, 0) is 31.0 Å². The van der Waals surface area contributed by atoms with Gasteiger partial charge in [0.15, 0.2) is 0 Å². The molecule has 5 nitrogen and oxygen atoms in total. The molecule has 1 aliphatic rings. The third-order valence-corrected chi connectivity index (χ3v) is 3.71. The number of carbonyl (C=O) groups excluding carboxylic acids is 2. The van der Waals surface area contributed by atoms with Crippen LogP contribution >= 0.6 is 0 Å². The summed E-state index contributed by atoms with van der Waals surface area (Å²) in [6.07, 6.45) is 4.23. The summed E-state index contributed by atoms with van der Waals surface area (Å²) in [6.45, 7) is 1.37. The first-order valence-electron chi connectivity index (χ1n) is 7.45. The van der Waals surface area contributed by atoms with Crippen LogP contribution in [-0.4, -0.2) is 43.9 Å². The molecule has 1 saturated heterocycles. The number of carbonyl (C=O) groups is 2. The van der Waals surface area contributed by atoms with Gasteiger partial charge >= 0.3 is 11.8 Å². The molecule has 0 radical (unpaired) electrons. The number of amides is 2. The van der Waals surface area contributed by atoms with E-state index in [1.165, 1.54) is 0 Å². The molecule has 0 aromatic heterocycles. The molecule has 1 aromatic carbocycles. The Kier molecular flexibility index (Phi) is 5.20. The van der Waals surface area contributed by atoms with Crippen molar-refractivity contribution in [2.45, 2.75) is 25.7 Å². The van der Waals surface area contributed by atoms with Crippen LogP contribution < -0.4 is 10.2 Å². The van der Waals surface area contributed by atoms with E-state index in [1.807, 2.05) is 37.2 Å². The van der Waals surface area contributed by atoms with Crippen molar-refractivity contribution in [3.8, 4) is 0 Å².